The number of esters is 1. The maximum Gasteiger partial charge on any atom is 0.306 e. The summed E-state index contributed by atoms with van der Waals surface area (Å²) in [6, 6.07) is 3.71. The molecule has 1 atom stereocenters. The summed E-state index contributed by atoms with van der Waals surface area (Å²) in [5, 5.41) is 0. The van der Waals surface area contributed by atoms with Gasteiger partial charge in [0.25, 0.3) is 0 Å². The zero-order chi connectivity index (χ0) is 13.4. The summed E-state index contributed by atoms with van der Waals surface area (Å²) in [6.07, 6.45) is 4.74. The average Bonchev–Trinajstić information content (AvgIpc) is 2.36. The number of aromatic nitrogens is 1. The number of pyridine rings is 1. The van der Waals surface area contributed by atoms with Crippen molar-refractivity contribution in [2.24, 2.45) is 17.6 Å². The number of rotatable bonds is 7. The van der Waals surface area contributed by atoms with Crippen LogP contribution in [0.4, 0.5) is 0 Å². The van der Waals surface area contributed by atoms with E-state index < -0.39 is 0 Å². The van der Waals surface area contributed by atoms with E-state index in [2.05, 4.69) is 18.8 Å². The van der Waals surface area contributed by atoms with Crippen LogP contribution >= 0.6 is 0 Å². The molecule has 4 heteroatoms. The predicted octanol–water partition coefficient (Wildman–Crippen LogP) is 2.14. The van der Waals surface area contributed by atoms with E-state index in [1.54, 1.807) is 12.4 Å². The quantitative estimate of drug-likeness (QED) is 0.753. The normalized spacial score (nSPS) is 12.4. The topological polar surface area (TPSA) is 65.2 Å². The van der Waals surface area contributed by atoms with Crippen molar-refractivity contribution >= 4 is 5.97 Å². The van der Waals surface area contributed by atoms with E-state index in [1.807, 2.05) is 12.1 Å². The number of carbonyl (C=O) groups excluding carboxylic acids is 1. The first-order valence-corrected chi connectivity index (χ1v) is 6.36. The van der Waals surface area contributed by atoms with Gasteiger partial charge in [-0.1, -0.05) is 19.9 Å². The first kappa shape index (κ1) is 14.6. The molecule has 100 valence electrons. The molecule has 0 fully saturated rings. The monoisotopic (exact) mass is 250 g/mol. The van der Waals surface area contributed by atoms with Crippen molar-refractivity contribution < 1.29 is 9.53 Å². The number of ether oxygens (including phenoxy) is 1. The Balaban J connectivity index is 2.32. The lowest BCUT2D eigenvalue weighted by Crippen LogP contribution is -2.21. The number of hydrogen-bond acceptors (Lipinski definition) is 4. The molecular formula is C14H22N2O2. The Kier molecular flexibility index (Phi) is 6.36. The van der Waals surface area contributed by atoms with E-state index in [-0.39, 0.29) is 18.5 Å². The smallest absolute Gasteiger partial charge is 0.306 e. The molecule has 1 aromatic rings. The molecule has 0 radical (unpaired) electrons. The van der Waals surface area contributed by atoms with Crippen molar-refractivity contribution in [1.29, 1.82) is 0 Å². The molecule has 0 bridgehead atoms. The Morgan fingerprint density at radius 3 is 2.83 bits per heavy atom. The van der Waals surface area contributed by atoms with Gasteiger partial charge in [-0.05, 0) is 30.9 Å². The van der Waals surface area contributed by atoms with Crippen LogP contribution in [0.3, 0.4) is 0 Å². The van der Waals surface area contributed by atoms with E-state index in [4.69, 9.17) is 10.5 Å². The van der Waals surface area contributed by atoms with Crippen LogP contribution in [0.25, 0.3) is 0 Å². The molecule has 18 heavy (non-hydrogen) atoms. The number of carbonyl (C=O) groups is 1. The molecule has 1 heterocycles. The second-order valence-corrected chi connectivity index (χ2v) is 4.96. The maximum absolute atomic E-state index is 11.7. The van der Waals surface area contributed by atoms with Crippen molar-refractivity contribution in [2.45, 2.75) is 33.3 Å². The van der Waals surface area contributed by atoms with Crippen LogP contribution in [0.5, 0.6) is 0 Å². The Morgan fingerprint density at radius 1 is 1.50 bits per heavy atom. The molecule has 0 aliphatic carbocycles. The average molecular weight is 250 g/mol. The molecule has 0 saturated heterocycles. The van der Waals surface area contributed by atoms with Gasteiger partial charge in [-0.15, -0.1) is 0 Å². The van der Waals surface area contributed by atoms with E-state index >= 15 is 0 Å². The van der Waals surface area contributed by atoms with E-state index in [1.165, 1.54) is 0 Å². The van der Waals surface area contributed by atoms with Crippen LogP contribution in [0, 0.1) is 11.8 Å². The molecule has 0 saturated carbocycles. The van der Waals surface area contributed by atoms with Gasteiger partial charge in [-0.2, -0.15) is 0 Å². The molecule has 0 aromatic carbocycles. The predicted molar refractivity (Wildman–Crippen MR) is 70.6 cm³/mol. The Bertz CT molecular complexity index is 352. The minimum atomic E-state index is -0.185. The van der Waals surface area contributed by atoms with Gasteiger partial charge in [0.2, 0.25) is 0 Å². The molecule has 0 amide bonds. The van der Waals surface area contributed by atoms with Crippen molar-refractivity contribution in [3.05, 3.63) is 30.1 Å². The minimum Gasteiger partial charge on any atom is -0.461 e. The molecule has 1 rings (SSSR count). The standard InChI is InChI=1S/C14H22N2O2/c1-11(2)6-13(8-15)7-14(17)18-10-12-4-3-5-16-9-12/h3-5,9,11,13H,6-8,10,15H2,1-2H3/t13-/m0/s1. The van der Waals surface area contributed by atoms with Crippen molar-refractivity contribution in [1.82, 2.24) is 4.98 Å². The Labute approximate surface area is 109 Å². The summed E-state index contributed by atoms with van der Waals surface area (Å²) in [7, 11) is 0. The van der Waals surface area contributed by atoms with Crippen molar-refractivity contribution in [3.63, 3.8) is 0 Å². The van der Waals surface area contributed by atoms with Gasteiger partial charge < -0.3 is 10.5 Å². The van der Waals surface area contributed by atoms with Crippen LogP contribution in [0.1, 0.15) is 32.3 Å². The third-order valence-electron chi connectivity index (χ3n) is 2.72. The molecule has 4 nitrogen and oxygen atoms in total. The number of nitrogens with two attached hydrogens (primary N) is 1. The highest BCUT2D eigenvalue weighted by atomic mass is 16.5. The first-order chi connectivity index (χ1) is 8.61. The highest BCUT2D eigenvalue weighted by Crippen LogP contribution is 2.15. The maximum atomic E-state index is 11.7. The van der Waals surface area contributed by atoms with Gasteiger partial charge in [0.05, 0.1) is 0 Å². The largest absolute Gasteiger partial charge is 0.461 e. The summed E-state index contributed by atoms with van der Waals surface area (Å²) in [4.78, 5) is 15.6. The second-order valence-electron chi connectivity index (χ2n) is 4.96. The van der Waals surface area contributed by atoms with E-state index in [9.17, 15) is 4.79 Å². The molecule has 0 spiro atoms. The lowest BCUT2D eigenvalue weighted by Gasteiger charge is -2.16. The zero-order valence-electron chi connectivity index (χ0n) is 11.1. The summed E-state index contributed by atoms with van der Waals surface area (Å²) in [5.74, 6) is 0.575. The van der Waals surface area contributed by atoms with Gasteiger partial charge in [0.15, 0.2) is 0 Å². The fourth-order valence-corrected chi connectivity index (χ4v) is 1.87. The third-order valence-corrected chi connectivity index (χ3v) is 2.72. The highest BCUT2D eigenvalue weighted by molar-refractivity contribution is 5.69. The molecule has 0 unspecified atom stereocenters. The second kappa shape index (κ2) is 7.82. The van der Waals surface area contributed by atoms with E-state index in [0.29, 0.717) is 18.9 Å². The molecule has 2 N–H and O–H groups in total. The zero-order valence-corrected chi connectivity index (χ0v) is 11.1. The highest BCUT2D eigenvalue weighted by Gasteiger charge is 2.15. The molecule has 0 aliphatic heterocycles. The van der Waals surface area contributed by atoms with Gasteiger partial charge in [-0.3, -0.25) is 9.78 Å². The number of nitrogens with zero attached hydrogens (tertiary/aromatic N) is 1. The molecule has 0 aliphatic rings. The Morgan fingerprint density at radius 2 is 2.28 bits per heavy atom. The summed E-state index contributed by atoms with van der Waals surface area (Å²) < 4.78 is 5.21. The van der Waals surface area contributed by atoms with Crippen LogP contribution < -0.4 is 5.73 Å². The fourth-order valence-electron chi connectivity index (χ4n) is 1.87. The SMILES string of the molecule is CC(C)C[C@H](CN)CC(=O)OCc1cccnc1. The van der Waals surface area contributed by atoms with Crippen LogP contribution in [0.15, 0.2) is 24.5 Å². The van der Waals surface area contributed by atoms with Crippen LogP contribution in [0.2, 0.25) is 0 Å². The van der Waals surface area contributed by atoms with E-state index in [0.717, 1.165) is 12.0 Å². The summed E-state index contributed by atoms with van der Waals surface area (Å²) in [6.45, 7) is 5.07. The van der Waals surface area contributed by atoms with Gasteiger partial charge in [0, 0.05) is 24.4 Å². The summed E-state index contributed by atoms with van der Waals surface area (Å²) >= 11 is 0. The third kappa shape index (κ3) is 5.77. The van der Waals surface area contributed by atoms with Gasteiger partial charge in [0.1, 0.15) is 6.61 Å². The minimum absolute atomic E-state index is 0.185. The molecule has 1 aromatic heterocycles. The number of hydrogen-bond donors (Lipinski definition) is 1. The lowest BCUT2D eigenvalue weighted by molar-refractivity contribution is -0.146. The van der Waals surface area contributed by atoms with Gasteiger partial charge in [-0.25, -0.2) is 0 Å². The van der Waals surface area contributed by atoms with Gasteiger partial charge >= 0.3 is 5.97 Å². The Hall–Kier alpha value is -1.42. The van der Waals surface area contributed by atoms with Crippen LogP contribution in [-0.2, 0) is 16.1 Å². The first-order valence-electron chi connectivity index (χ1n) is 6.36. The van der Waals surface area contributed by atoms with Crippen LogP contribution in [-0.4, -0.2) is 17.5 Å². The fraction of sp³-hybridized carbons (Fsp3) is 0.571. The lowest BCUT2D eigenvalue weighted by atomic mass is 9.94. The van der Waals surface area contributed by atoms with Crippen molar-refractivity contribution in [3.8, 4) is 0 Å². The summed E-state index contributed by atoms with van der Waals surface area (Å²) in [5.41, 5.74) is 6.56. The van der Waals surface area contributed by atoms with Crippen molar-refractivity contribution in [2.75, 3.05) is 6.54 Å². The molecular weight excluding hydrogens is 228 g/mol.